The Hall–Kier alpha value is -2.80. The Bertz CT molecular complexity index is 1230. The van der Waals surface area contributed by atoms with Crippen LogP contribution in [0.4, 0.5) is 0 Å². The summed E-state index contributed by atoms with van der Waals surface area (Å²) in [5.74, 6) is 2.92. The zero-order valence-corrected chi connectivity index (χ0v) is 19.1. The summed E-state index contributed by atoms with van der Waals surface area (Å²) in [6.45, 7) is 8.52. The molecule has 2 aromatic heterocycles. The van der Waals surface area contributed by atoms with Crippen LogP contribution in [0, 0.1) is 20.8 Å². The minimum absolute atomic E-state index is 0.651. The van der Waals surface area contributed by atoms with Crippen molar-refractivity contribution in [1.82, 2.24) is 19.6 Å². The predicted octanol–water partition coefficient (Wildman–Crippen LogP) is 5.07. The van der Waals surface area contributed by atoms with E-state index in [0.717, 1.165) is 39.7 Å². The molecule has 0 radical (unpaired) electrons. The fraction of sp³-hybridized carbons (Fsp3) is 0.348. The lowest BCUT2D eigenvalue weighted by atomic mass is 10.0. The van der Waals surface area contributed by atoms with E-state index in [9.17, 15) is 0 Å². The van der Waals surface area contributed by atoms with Crippen LogP contribution in [-0.2, 0) is 12.2 Å². The Morgan fingerprint density at radius 1 is 0.933 bits per heavy atom. The molecule has 0 saturated heterocycles. The molecule has 30 heavy (non-hydrogen) atoms. The molecule has 6 nitrogen and oxygen atoms in total. The first-order valence-corrected chi connectivity index (χ1v) is 10.9. The van der Waals surface area contributed by atoms with Crippen molar-refractivity contribution in [1.29, 1.82) is 0 Å². The average Bonchev–Trinajstić information content (AvgIpc) is 3.16. The van der Waals surface area contributed by atoms with Crippen molar-refractivity contribution >= 4 is 28.3 Å². The molecule has 7 heteroatoms. The highest BCUT2D eigenvalue weighted by Crippen LogP contribution is 2.35. The predicted molar refractivity (Wildman–Crippen MR) is 121 cm³/mol. The minimum atomic E-state index is 0.651. The molecule has 0 unspecified atom stereocenters. The van der Waals surface area contributed by atoms with E-state index >= 15 is 0 Å². The highest BCUT2D eigenvalue weighted by Gasteiger charge is 2.17. The first-order chi connectivity index (χ1) is 14.4. The summed E-state index contributed by atoms with van der Waals surface area (Å²) in [6.07, 6.45) is 0.761. The first-order valence-electron chi connectivity index (χ1n) is 9.96. The minimum Gasteiger partial charge on any atom is -0.493 e. The van der Waals surface area contributed by atoms with Gasteiger partial charge >= 0.3 is 0 Å². The topological polar surface area (TPSA) is 61.5 Å². The van der Waals surface area contributed by atoms with Crippen LogP contribution in [0.3, 0.4) is 0 Å². The van der Waals surface area contributed by atoms with Crippen LogP contribution in [0.5, 0.6) is 11.5 Å². The third-order valence-electron chi connectivity index (χ3n) is 5.29. The molecule has 156 valence electrons. The molecular formula is C23H26N4O2S. The lowest BCUT2D eigenvalue weighted by Crippen LogP contribution is -2.01. The van der Waals surface area contributed by atoms with Crippen molar-refractivity contribution in [2.45, 2.75) is 45.0 Å². The van der Waals surface area contributed by atoms with Gasteiger partial charge in [-0.1, -0.05) is 36.4 Å². The van der Waals surface area contributed by atoms with Crippen molar-refractivity contribution in [3.05, 3.63) is 52.3 Å². The number of fused-ring (bicyclic) bond motifs is 3. The second-order valence-electron chi connectivity index (χ2n) is 7.40. The SMILES string of the molecule is CCc1nc2c3cc(OC)c(OC)cc3nc(SCc3c(C)cc(C)cc3C)n2n1. The molecule has 2 aromatic carbocycles. The summed E-state index contributed by atoms with van der Waals surface area (Å²) in [6, 6.07) is 8.29. The molecule has 0 aliphatic heterocycles. The fourth-order valence-electron chi connectivity index (χ4n) is 3.77. The summed E-state index contributed by atoms with van der Waals surface area (Å²) >= 11 is 1.68. The maximum absolute atomic E-state index is 5.48. The van der Waals surface area contributed by atoms with Crippen LogP contribution in [0.15, 0.2) is 29.4 Å². The Kier molecular flexibility index (Phi) is 5.56. The van der Waals surface area contributed by atoms with Gasteiger partial charge in [-0.05, 0) is 43.5 Å². The van der Waals surface area contributed by atoms with Crippen LogP contribution < -0.4 is 9.47 Å². The summed E-state index contributed by atoms with van der Waals surface area (Å²) < 4.78 is 12.8. The number of aromatic nitrogens is 4. The Morgan fingerprint density at radius 3 is 2.23 bits per heavy atom. The molecule has 0 saturated carbocycles. The van der Waals surface area contributed by atoms with Gasteiger partial charge in [0.1, 0.15) is 0 Å². The second-order valence-corrected chi connectivity index (χ2v) is 8.34. The molecule has 4 aromatic rings. The van der Waals surface area contributed by atoms with Gasteiger partial charge in [0.25, 0.3) is 0 Å². The number of ether oxygens (including phenoxy) is 2. The van der Waals surface area contributed by atoms with Crippen LogP contribution in [0.25, 0.3) is 16.6 Å². The summed E-state index contributed by atoms with van der Waals surface area (Å²) in [4.78, 5) is 9.67. The molecule has 0 spiro atoms. The first kappa shape index (κ1) is 20.5. The second kappa shape index (κ2) is 8.14. The van der Waals surface area contributed by atoms with Gasteiger partial charge in [-0.2, -0.15) is 4.52 Å². The van der Waals surface area contributed by atoms with Gasteiger partial charge in [0.05, 0.1) is 19.7 Å². The molecular weight excluding hydrogens is 396 g/mol. The Balaban J connectivity index is 1.85. The van der Waals surface area contributed by atoms with Crippen molar-refractivity contribution in [3.8, 4) is 11.5 Å². The number of methoxy groups -OCH3 is 2. The standard InChI is InChI=1S/C23H26N4O2S/c1-7-21-25-22-16-10-19(28-5)20(29-6)11-18(16)24-23(27(22)26-21)30-12-17-14(3)8-13(2)9-15(17)4/h8-11H,7,12H2,1-6H3. The van der Waals surface area contributed by atoms with Crippen LogP contribution in [0.1, 0.15) is 35.0 Å². The number of hydrogen-bond donors (Lipinski definition) is 0. The van der Waals surface area contributed by atoms with Crippen molar-refractivity contribution in [2.24, 2.45) is 0 Å². The molecule has 0 aliphatic carbocycles. The molecule has 0 N–H and O–H groups in total. The van der Waals surface area contributed by atoms with Gasteiger partial charge in [-0.25, -0.2) is 9.97 Å². The summed E-state index contributed by atoms with van der Waals surface area (Å²) in [7, 11) is 3.26. The van der Waals surface area contributed by atoms with Gasteiger partial charge in [0.2, 0.25) is 0 Å². The molecule has 0 amide bonds. The van der Waals surface area contributed by atoms with Gasteiger partial charge in [-0.3, -0.25) is 0 Å². The molecule has 4 rings (SSSR count). The van der Waals surface area contributed by atoms with Crippen LogP contribution in [0.2, 0.25) is 0 Å². The van der Waals surface area contributed by atoms with Crippen LogP contribution in [-0.4, -0.2) is 33.8 Å². The Morgan fingerprint density at radius 2 is 1.60 bits per heavy atom. The molecule has 0 bridgehead atoms. The lowest BCUT2D eigenvalue weighted by Gasteiger charge is -2.13. The highest BCUT2D eigenvalue weighted by atomic mass is 32.2. The Labute approximate surface area is 180 Å². The van der Waals surface area contributed by atoms with E-state index in [1.165, 1.54) is 22.3 Å². The summed E-state index contributed by atoms with van der Waals surface area (Å²) in [5, 5.41) is 6.41. The zero-order chi connectivity index (χ0) is 21.4. The third-order valence-corrected chi connectivity index (χ3v) is 6.25. The lowest BCUT2D eigenvalue weighted by molar-refractivity contribution is 0.355. The normalized spacial score (nSPS) is 11.4. The number of rotatable bonds is 6. The highest BCUT2D eigenvalue weighted by molar-refractivity contribution is 7.98. The van der Waals surface area contributed by atoms with E-state index < -0.39 is 0 Å². The number of aryl methyl sites for hydroxylation is 4. The van der Waals surface area contributed by atoms with Crippen molar-refractivity contribution in [2.75, 3.05) is 14.2 Å². The van der Waals surface area contributed by atoms with Gasteiger partial charge in [-0.15, -0.1) is 5.10 Å². The number of nitrogens with zero attached hydrogens (tertiary/aromatic N) is 4. The third kappa shape index (κ3) is 3.58. The number of thioether (sulfide) groups is 1. The van der Waals surface area contributed by atoms with E-state index in [4.69, 9.17) is 24.5 Å². The number of benzene rings is 2. The van der Waals surface area contributed by atoms with Gasteiger partial charge in [0.15, 0.2) is 28.1 Å². The summed E-state index contributed by atoms with van der Waals surface area (Å²) in [5.41, 5.74) is 6.83. The fourth-order valence-corrected chi connectivity index (χ4v) is 4.91. The molecule has 0 fully saturated rings. The van der Waals surface area contributed by atoms with E-state index in [1.807, 2.05) is 16.6 Å². The van der Waals surface area contributed by atoms with Crippen molar-refractivity contribution < 1.29 is 9.47 Å². The van der Waals surface area contributed by atoms with E-state index in [-0.39, 0.29) is 0 Å². The van der Waals surface area contributed by atoms with Crippen LogP contribution >= 0.6 is 11.8 Å². The monoisotopic (exact) mass is 422 g/mol. The quantitative estimate of drug-likeness (QED) is 0.319. The van der Waals surface area contributed by atoms with E-state index in [0.29, 0.717) is 11.5 Å². The smallest absolute Gasteiger partial charge is 0.191 e. The maximum Gasteiger partial charge on any atom is 0.191 e. The number of hydrogen-bond acceptors (Lipinski definition) is 6. The average molecular weight is 423 g/mol. The van der Waals surface area contributed by atoms with Gasteiger partial charge in [0, 0.05) is 23.6 Å². The molecule has 2 heterocycles. The zero-order valence-electron chi connectivity index (χ0n) is 18.2. The largest absolute Gasteiger partial charge is 0.493 e. The van der Waals surface area contributed by atoms with E-state index in [2.05, 4.69) is 39.8 Å². The molecule has 0 aliphatic rings. The van der Waals surface area contributed by atoms with E-state index in [1.54, 1.807) is 26.0 Å². The maximum atomic E-state index is 5.48. The van der Waals surface area contributed by atoms with Gasteiger partial charge < -0.3 is 9.47 Å². The molecule has 0 atom stereocenters. The van der Waals surface area contributed by atoms with Crippen molar-refractivity contribution in [3.63, 3.8) is 0 Å².